The minimum Gasteiger partial charge on any atom is -0.337 e. The Kier molecular flexibility index (Phi) is 6.51. The summed E-state index contributed by atoms with van der Waals surface area (Å²) in [5, 5.41) is 4.64. The first kappa shape index (κ1) is 23.3. The van der Waals surface area contributed by atoms with E-state index in [9.17, 15) is 13.2 Å². The second kappa shape index (κ2) is 9.52. The van der Waals surface area contributed by atoms with Crippen molar-refractivity contribution < 1.29 is 13.2 Å². The lowest BCUT2D eigenvalue weighted by Gasteiger charge is -2.18. The molecule has 1 heterocycles. The second-order valence-corrected chi connectivity index (χ2v) is 9.74. The lowest BCUT2D eigenvalue weighted by atomic mass is 10.1. The number of benzene rings is 3. The van der Waals surface area contributed by atoms with Crippen molar-refractivity contribution in [2.45, 2.75) is 25.3 Å². The van der Waals surface area contributed by atoms with Gasteiger partial charge in [-0.15, -0.1) is 0 Å². The Morgan fingerprint density at radius 2 is 1.50 bits per heavy atom. The van der Waals surface area contributed by atoms with Gasteiger partial charge in [0.1, 0.15) is 0 Å². The molecule has 3 aromatic carbocycles. The van der Waals surface area contributed by atoms with E-state index in [1.807, 2.05) is 54.9 Å². The summed E-state index contributed by atoms with van der Waals surface area (Å²) in [4.78, 5) is 14.7. The van der Waals surface area contributed by atoms with E-state index in [4.69, 9.17) is 0 Å². The maximum atomic E-state index is 13.0. The largest absolute Gasteiger partial charge is 0.337 e. The van der Waals surface area contributed by atoms with Gasteiger partial charge in [0.15, 0.2) is 0 Å². The molecule has 0 saturated heterocycles. The maximum Gasteiger partial charge on any atom is 0.261 e. The number of aryl methyl sites for hydroxylation is 1. The third kappa shape index (κ3) is 4.87. The third-order valence-corrected chi connectivity index (χ3v) is 7.02. The van der Waals surface area contributed by atoms with Crippen LogP contribution in [0.25, 0.3) is 5.69 Å². The van der Waals surface area contributed by atoms with Crippen molar-refractivity contribution in [3.8, 4) is 5.69 Å². The molecule has 7 nitrogen and oxygen atoms in total. The zero-order chi connectivity index (χ0) is 24.3. The number of nitrogens with zero attached hydrogens (tertiary/aromatic N) is 3. The van der Waals surface area contributed by atoms with Crippen LogP contribution in [0.3, 0.4) is 0 Å². The minimum absolute atomic E-state index is 0.0892. The monoisotopic (exact) mass is 474 g/mol. The first-order chi connectivity index (χ1) is 16.3. The molecule has 0 saturated carbocycles. The number of para-hydroxylation sites is 2. The highest BCUT2D eigenvalue weighted by Crippen LogP contribution is 2.21. The maximum absolute atomic E-state index is 13.0. The number of carbonyl (C=O) groups excluding carboxylic acids is 1. The SMILES string of the molecule is Cc1nn(-c2ccccc2)c(C)c1CN(C)C(=O)c1ccc(S(=O)(=O)Nc2ccccc2)cc1. The number of carbonyl (C=O) groups is 1. The third-order valence-electron chi connectivity index (χ3n) is 5.62. The second-order valence-electron chi connectivity index (χ2n) is 8.05. The molecule has 0 aliphatic carbocycles. The molecule has 0 unspecified atom stereocenters. The molecule has 0 spiro atoms. The Labute approximate surface area is 199 Å². The molecule has 1 N–H and O–H groups in total. The van der Waals surface area contributed by atoms with Crippen molar-refractivity contribution in [1.82, 2.24) is 14.7 Å². The van der Waals surface area contributed by atoms with Crippen molar-refractivity contribution in [1.29, 1.82) is 0 Å². The molecule has 8 heteroatoms. The molecule has 4 aromatic rings. The van der Waals surface area contributed by atoms with Crippen LogP contribution in [0, 0.1) is 13.8 Å². The number of nitrogens with one attached hydrogen (secondary N) is 1. The summed E-state index contributed by atoms with van der Waals surface area (Å²) in [5.74, 6) is -0.203. The Morgan fingerprint density at radius 3 is 2.12 bits per heavy atom. The van der Waals surface area contributed by atoms with E-state index in [1.165, 1.54) is 24.3 Å². The summed E-state index contributed by atoms with van der Waals surface area (Å²) in [6.45, 7) is 4.30. The number of aromatic nitrogens is 2. The summed E-state index contributed by atoms with van der Waals surface area (Å²) >= 11 is 0. The fourth-order valence-electron chi connectivity index (χ4n) is 3.75. The number of anilines is 1. The van der Waals surface area contributed by atoms with Gasteiger partial charge in [0.25, 0.3) is 15.9 Å². The van der Waals surface area contributed by atoms with E-state index in [-0.39, 0.29) is 10.8 Å². The molecule has 1 amide bonds. The molecule has 1 aromatic heterocycles. The van der Waals surface area contributed by atoms with Crippen molar-refractivity contribution in [3.05, 3.63) is 107 Å². The Bertz CT molecular complexity index is 1400. The highest BCUT2D eigenvalue weighted by atomic mass is 32.2. The summed E-state index contributed by atoms with van der Waals surface area (Å²) < 4.78 is 29.7. The Morgan fingerprint density at radius 1 is 0.912 bits per heavy atom. The Hall–Kier alpha value is -3.91. The molecular weight excluding hydrogens is 448 g/mol. The molecule has 34 heavy (non-hydrogen) atoms. The Balaban J connectivity index is 1.49. The van der Waals surface area contributed by atoms with E-state index >= 15 is 0 Å². The van der Waals surface area contributed by atoms with Crippen LogP contribution in [0.4, 0.5) is 5.69 Å². The van der Waals surface area contributed by atoms with Crippen LogP contribution in [0.5, 0.6) is 0 Å². The van der Waals surface area contributed by atoms with Gasteiger partial charge in [-0.3, -0.25) is 9.52 Å². The molecule has 4 rings (SSSR count). The summed E-state index contributed by atoms with van der Waals surface area (Å²) in [6, 6.07) is 24.5. The van der Waals surface area contributed by atoms with Gasteiger partial charge in [0.05, 0.1) is 16.3 Å². The quantitative estimate of drug-likeness (QED) is 0.426. The van der Waals surface area contributed by atoms with Gasteiger partial charge in [-0.05, 0) is 62.4 Å². The first-order valence-corrected chi connectivity index (χ1v) is 12.3. The molecule has 174 valence electrons. The zero-order valence-corrected chi connectivity index (χ0v) is 20.1. The van der Waals surface area contributed by atoms with Crippen molar-refractivity contribution in [2.24, 2.45) is 0 Å². The number of rotatable bonds is 7. The molecule has 0 atom stereocenters. The highest BCUT2D eigenvalue weighted by molar-refractivity contribution is 7.92. The van der Waals surface area contributed by atoms with Gasteiger partial charge in [0, 0.05) is 36.1 Å². The highest BCUT2D eigenvalue weighted by Gasteiger charge is 2.20. The van der Waals surface area contributed by atoms with Crippen molar-refractivity contribution in [3.63, 3.8) is 0 Å². The first-order valence-electron chi connectivity index (χ1n) is 10.8. The summed E-state index contributed by atoms with van der Waals surface area (Å²) in [5.41, 5.74) is 4.65. The van der Waals surface area contributed by atoms with Crippen LogP contribution >= 0.6 is 0 Å². The van der Waals surface area contributed by atoms with E-state index in [2.05, 4.69) is 9.82 Å². The van der Waals surface area contributed by atoms with E-state index < -0.39 is 10.0 Å². The molecule has 0 bridgehead atoms. The smallest absolute Gasteiger partial charge is 0.261 e. The predicted octanol–water partition coefficient (Wildman–Crippen LogP) is 4.56. The van der Waals surface area contributed by atoms with E-state index in [1.54, 1.807) is 36.2 Å². The standard InChI is InChI=1S/C26H26N4O3S/c1-19-25(20(2)30(27-19)23-12-8-5-9-13-23)18-29(3)26(31)21-14-16-24(17-15-21)34(32,33)28-22-10-6-4-7-11-22/h4-17,28H,18H2,1-3H3. The normalized spacial score (nSPS) is 11.3. The minimum atomic E-state index is -3.75. The van der Waals surface area contributed by atoms with Crippen LogP contribution < -0.4 is 4.72 Å². The van der Waals surface area contributed by atoms with Crippen LogP contribution in [-0.2, 0) is 16.6 Å². The molecule has 0 aliphatic rings. The number of hydrogen-bond acceptors (Lipinski definition) is 4. The topological polar surface area (TPSA) is 84.3 Å². The average Bonchev–Trinajstić information content (AvgIpc) is 3.13. The molecule has 0 radical (unpaired) electrons. The van der Waals surface area contributed by atoms with Crippen LogP contribution in [0.2, 0.25) is 0 Å². The molecule has 0 aliphatic heterocycles. The van der Waals surface area contributed by atoms with E-state index in [0.29, 0.717) is 17.8 Å². The fraction of sp³-hybridized carbons (Fsp3) is 0.154. The van der Waals surface area contributed by atoms with E-state index in [0.717, 1.165) is 22.6 Å². The van der Waals surface area contributed by atoms with Crippen molar-refractivity contribution >= 4 is 21.6 Å². The van der Waals surface area contributed by atoms with Gasteiger partial charge in [0.2, 0.25) is 0 Å². The molecular formula is C26H26N4O3S. The van der Waals surface area contributed by atoms with Gasteiger partial charge in [-0.1, -0.05) is 36.4 Å². The number of sulfonamides is 1. The van der Waals surface area contributed by atoms with Gasteiger partial charge < -0.3 is 4.90 Å². The van der Waals surface area contributed by atoms with Crippen LogP contribution in [0.15, 0.2) is 89.8 Å². The van der Waals surface area contributed by atoms with Gasteiger partial charge in [-0.25, -0.2) is 13.1 Å². The molecule has 0 fully saturated rings. The van der Waals surface area contributed by atoms with Gasteiger partial charge >= 0.3 is 0 Å². The van der Waals surface area contributed by atoms with Crippen molar-refractivity contribution in [2.75, 3.05) is 11.8 Å². The number of hydrogen-bond donors (Lipinski definition) is 1. The summed E-state index contributed by atoms with van der Waals surface area (Å²) in [7, 11) is -2.02. The van der Waals surface area contributed by atoms with Crippen LogP contribution in [0.1, 0.15) is 27.3 Å². The zero-order valence-electron chi connectivity index (χ0n) is 19.3. The predicted molar refractivity (Wildman–Crippen MR) is 133 cm³/mol. The van der Waals surface area contributed by atoms with Crippen LogP contribution in [-0.4, -0.2) is 36.1 Å². The fourth-order valence-corrected chi connectivity index (χ4v) is 4.81. The lowest BCUT2D eigenvalue weighted by Crippen LogP contribution is -2.26. The average molecular weight is 475 g/mol. The van der Waals surface area contributed by atoms with Gasteiger partial charge in [-0.2, -0.15) is 5.10 Å². The summed E-state index contributed by atoms with van der Waals surface area (Å²) in [6.07, 6.45) is 0. The number of amides is 1. The lowest BCUT2D eigenvalue weighted by molar-refractivity contribution is 0.0784.